The lowest BCUT2D eigenvalue weighted by atomic mass is 9.78. The van der Waals surface area contributed by atoms with Gasteiger partial charge in [0.1, 0.15) is 0 Å². The summed E-state index contributed by atoms with van der Waals surface area (Å²) in [6.45, 7) is 8.90. The number of aliphatic hydroxyl groups is 1. The van der Waals surface area contributed by atoms with E-state index in [1.54, 1.807) is 0 Å². The molecular weight excluding hydrogens is 242 g/mol. The van der Waals surface area contributed by atoms with Crippen LogP contribution in [0, 0.1) is 5.41 Å². The van der Waals surface area contributed by atoms with Crippen LogP contribution in [0.2, 0.25) is 0 Å². The standard InChI is InChI=1S/C14H27N3O2/c1-11-9-17(7-8-19-11)12(15)16-10-14(18)6-4-5-13(14,2)3/h11,18H,4-10H2,1-3H3,(H2,15,16). The molecule has 0 aromatic heterocycles. The van der Waals surface area contributed by atoms with Gasteiger partial charge < -0.3 is 20.5 Å². The molecule has 0 spiro atoms. The van der Waals surface area contributed by atoms with Gasteiger partial charge in [-0.15, -0.1) is 0 Å². The third-order valence-electron chi connectivity index (χ3n) is 4.72. The van der Waals surface area contributed by atoms with Crippen molar-refractivity contribution in [2.45, 2.75) is 51.7 Å². The van der Waals surface area contributed by atoms with Crippen LogP contribution in [0.25, 0.3) is 0 Å². The Balaban J connectivity index is 1.98. The molecule has 0 aromatic rings. The van der Waals surface area contributed by atoms with Crippen LogP contribution in [0.15, 0.2) is 4.99 Å². The normalized spacial score (nSPS) is 35.7. The summed E-state index contributed by atoms with van der Waals surface area (Å²) in [6, 6.07) is 0. The monoisotopic (exact) mass is 269 g/mol. The molecule has 2 atom stereocenters. The second-order valence-electron chi connectivity index (χ2n) is 6.57. The highest BCUT2D eigenvalue weighted by Gasteiger charge is 2.47. The molecule has 19 heavy (non-hydrogen) atoms. The summed E-state index contributed by atoms with van der Waals surface area (Å²) in [5, 5.41) is 10.7. The Morgan fingerprint density at radius 3 is 2.79 bits per heavy atom. The second-order valence-corrected chi connectivity index (χ2v) is 6.57. The van der Waals surface area contributed by atoms with Gasteiger partial charge in [0.25, 0.3) is 0 Å². The fraction of sp³-hybridized carbons (Fsp3) is 0.929. The first kappa shape index (κ1) is 14.6. The molecule has 1 saturated carbocycles. The van der Waals surface area contributed by atoms with Crippen LogP contribution in [0.5, 0.6) is 0 Å². The summed E-state index contributed by atoms with van der Waals surface area (Å²) in [4.78, 5) is 6.49. The molecule has 110 valence electrons. The number of hydrogen-bond acceptors (Lipinski definition) is 3. The van der Waals surface area contributed by atoms with Crippen LogP contribution >= 0.6 is 0 Å². The van der Waals surface area contributed by atoms with Gasteiger partial charge in [-0.2, -0.15) is 0 Å². The molecular formula is C14H27N3O2. The Morgan fingerprint density at radius 2 is 2.21 bits per heavy atom. The maximum absolute atomic E-state index is 10.7. The zero-order valence-electron chi connectivity index (χ0n) is 12.4. The smallest absolute Gasteiger partial charge is 0.191 e. The van der Waals surface area contributed by atoms with E-state index in [4.69, 9.17) is 10.5 Å². The van der Waals surface area contributed by atoms with Crippen molar-refractivity contribution in [3.8, 4) is 0 Å². The summed E-state index contributed by atoms with van der Waals surface area (Å²) in [6.07, 6.45) is 3.12. The van der Waals surface area contributed by atoms with Gasteiger partial charge in [-0.3, -0.25) is 4.99 Å². The van der Waals surface area contributed by atoms with Gasteiger partial charge in [-0.05, 0) is 31.6 Å². The number of hydrogen-bond donors (Lipinski definition) is 2. The Morgan fingerprint density at radius 1 is 1.47 bits per heavy atom. The molecule has 1 heterocycles. The maximum Gasteiger partial charge on any atom is 0.191 e. The van der Waals surface area contributed by atoms with Crippen molar-refractivity contribution in [1.82, 2.24) is 4.90 Å². The molecule has 0 amide bonds. The summed E-state index contributed by atoms with van der Waals surface area (Å²) < 4.78 is 5.49. The van der Waals surface area contributed by atoms with Gasteiger partial charge in [-0.1, -0.05) is 13.8 Å². The van der Waals surface area contributed by atoms with Crippen molar-refractivity contribution < 1.29 is 9.84 Å². The lowest BCUT2D eigenvalue weighted by molar-refractivity contribution is -0.0340. The van der Waals surface area contributed by atoms with Gasteiger partial charge in [0.2, 0.25) is 0 Å². The Kier molecular flexibility index (Phi) is 4.06. The van der Waals surface area contributed by atoms with Crippen molar-refractivity contribution in [2.75, 3.05) is 26.2 Å². The number of guanidine groups is 1. The van der Waals surface area contributed by atoms with Crippen molar-refractivity contribution in [2.24, 2.45) is 16.1 Å². The van der Waals surface area contributed by atoms with Crippen molar-refractivity contribution in [3.05, 3.63) is 0 Å². The second kappa shape index (κ2) is 5.29. The molecule has 2 fully saturated rings. The Bertz CT molecular complexity index is 357. The van der Waals surface area contributed by atoms with Gasteiger partial charge >= 0.3 is 0 Å². The summed E-state index contributed by atoms with van der Waals surface area (Å²) in [5.41, 5.74) is 5.26. The van der Waals surface area contributed by atoms with E-state index in [2.05, 4.69) is 18.8 Å². The topological polar surface area (TPSA) is 71.1 Å². The summed E-state index contributed by atoms with van der Waals surface area (Å²) in [5.74, 6) is 0.534. The fourth-order valence-corrected chi connectivity index (χ4v) is 3.03. The molecule has 2 aliphatic rings. The number of nitrogens with zero attached hydrogens (tertiary/aromatic N) is 2. The predicted octanol–water partition coefficient (Wildman–Crippen LogP) is 0.963. The highest BCUT2D eigenvalue weighted by Crippen LogP contribution is 2.45. The molecule has 0 radical (unpaired) electrons. The Hall–Kier alpha value is -0.810. The zero-order valence-corrected chi connectivity index (χ0v) is 12.4. The number of morpholine rings is 1. The molecule has 0 aromatic carbocycles. The van der Waals surface area contributed by atoms with Gasteiger partial charge in [0.05, 0.1) is 24.9 Å². The van der Waals surface area contributed by atoms with E-state index in [9.17, 15) is 5.11 Å². The molecule has 5 nitrogen and oxygen atoms in total. The van der Waals surface area contributed by atoms with Crippen molar-refractivity contribution in [1.29, 1.82) is 0 Å². The molecule has 1 aliphatic carbocycles. The predicted molar refractivity (Wildman–Crippen MR) is 76.1 cm³/mol. The van der Waals surface area contributed by atoms with E-state index in [1.165, 1.54) is 0 Å². The number of aliphatic imine (C=N–C) groups is 1. The van der Waals surface area contributed by atoms with Crippen LogP contribution in [0.1, 0.15) is 40.0 Å². The average molecular weight is 269 g/mol. The molecule has 3 N–H and O–H groups in total. The minimum Gasteiger partial charge on any atom is -0.387 e. The van der Waals surface area contributed by atoms with E-state index < -0.39 is 5.60 Å². The molecule has 5 heteroatoms. The zero-order chi connectivity index (χ0) is 14.1. The van der Waals surface area contributed by atoms with E-state index in [-0.39, 0.29) is 11.5 Å². The lowest BCUT2D eigenvalue weighted by Crippen LogP contribution is -2.49. The quantitative estimate of drug-likeness (QED) is 0.579. The highest BCUT2D eigenvalue weighted by atomic mass is 16.5. The average Bonchev–Trinajstić information content (AvgIpc) is 2.61. The highest BCUT2D eigenvalue weighted by molar-refractivity contribution is 5.78. The van der Waals surface area contributed by atoms with Gasteiger partial charge in [0, 0.05) is 13.1 Å². The molecule has 1 saturated heterocycles. The number of rotatable bonds is 2. The first-order valence-corrected chi connectivity index (χ1v) is 7.23. The Labute approximate surface area is 115 Å². The fourth-order valence-electron chi connectivity index (χ4n) is 3.03. The maximum atomic E-state index is 10.7. The SMILES string of the molecule is CC1CN(C(N)=NCC2(O)CCCC2(C)C)CCO1. The first-order chi connectivity index (χ1) is 8.84. The van der Waals surface area contributed by atoms with E-state index in [1.807, 2.05) is 11.8 Å². The minimum absolute atomic E-state index is 0.0743. The summed E-state index contributed by atoms with van der Waals surface area (Å²) >= 11 is 0. The third kappa shape index (κ3) is 3.03. The number of ether oxygens (including phenoxy) is 1. The lowest BCUT2D eigenvalue weighted by Gasteiger charge is -2.36. The minimum atomic E-state index is -0.713. The largest absolute Gasteiger partial charge is 0.387 e. The van der Waals surface area contributed by atoms with Crippen LogP contribution < -0.4 is 5.73 Å². The van der Waals surface area contributed by atoms with Crippen LogP contribution in [0.4, 0.5) is 0 Å². The van der Waals surface area contributed by atoms with E-state index in [0.29, 0.717) is 19.1 Å². The molecule has 2 rings (SSSR count). The van der Waals surface area contributed by atoms with Gasteiger partial charge in [0.15, 0.2) is 5.96 Å². The third-order valence-corrected chi connectivity index (χ3v) is 4.72. The molecule has 2 unspecified atom stereocenters. The van der Waals surface area contributed by atoms with E-state index >= 15 is 0 Å². The summed E-state index contributed by atoms with van der Waals surface area (Å²) in [7, 11) is 0. The number of nitrogens with two attached hydrogens (primary N) is 1. The van der Waals surface area contributed by atoms with Crippen LogP contribution in [-0.4, -0.2) is 53.9 Å². The van der Waals surface area contributed by atoms with E-state index in [0.717, 1.165) is 32.4 Å². The van der Waals surface area contributed by atoms with Crippen molar-refractivity contribution >= 4 is 5.96 Å². The molecule has 0 bridgehead atoms. The van der Waals surface area contributed by atoms with Crippen molar-refractivity contribution in [3.63, 3.8) is 0 Å². The van der Waals surface area contributed by atoms with Crippen LogP contribution in [0.3, 0.4) is 0 Å². The first-order valence-electron chi connectivity index (χ1n) is 7.23. The van der Waals surface area contributed by atoms with Crippen LogP contribution in [-0.2, 0) is 4.74 Å². The molecule has 1 aliphatic heterocycles. The van der Waals surface area contributed by atoms with Gasteiger partial charge in [-0.25, -0.2) is 0 Å².